The van der Waals surface area contributed by atoms with E-state index in [1.54, 1.807) is 18.4 Å². The fourth-order valence-corrected chi connectivity index (χ4v) is 2.68. The summed E-state index contributed by atoms with van der Waals surface area (Å²) in [5.41, 5.74) is -0.472. The van der Waals surface area contributed by atoms with Gasteiger partial charge in [-0.2, -0.15) is 0 Å². The number of nitrogens with one attached hydrogen (secondary N) is 1. The average Bonchev–Trinajstić information content (AvgIpc) is 2.93. The summed E-state index contributed by atoms with van der Waals surface area (Å²) in [5.74, 6) is 0.350. The maximum Gasteiger partial charge on any atom is 0.134 e. The minimum absolute atomic E-state index is 0.350. The first-order chi connectivity index (χ1) is 9.65. The molecule has 1 aromatic carbocycles. The summed E-state index contributed by atoms with van der Waals surface area (Å²) in [7, 11) is 0. The van der Waals surface area contributed by atoms with Crippen molar-refractivity contribution in [2.24, 2.45) is 0 Å². The van der Waals surface area contributed by atoms with Crippen LogP contribution in [0.15, 0.2) is 34.9 Å². The zero-order valence-corrected chi connectivity index (χ0v) is 12.2. The van der Waals surface area contributed by atoms with Crippen molar-refractivity contribution < 1.29 is 13.9 Å². The third-order valence-corrected chi connectivity index (χ3v) is 3.80. The van der Waals surface area contributed by atoms with E-state index in [1.807, 2.05) is 19.1 Å². The number of benzene rings is 1. The maximum atomic E-state index is 13.6. The minimum atomic E-state index is -1.61. The molecule has 20 heavy (non-hydrogen) atoms. The van der Waals surface area contributed by atoms with E-state index in [4.69, 9.17) is 16.0 Å². The number of fused-ring (bicyclic) bond motifs is 1. The lowest BCUT2D eigenvalue weighted by molar-refractivity contribution is -0.0254. The van der Waals surface area contributed by atoms with Crippen molar-refractivity contribution in [2.45, 2.75) is 25.0 Å². The van der Waals surface area contributed by atoms with Gasteiger partial charge in [-0.05, 0) is 30.7 Å². The van der Waals surface area contributed by atoms with Crippen molar-refractivity contribution in [3.8, 4) is 0 Å². The van der Waals surface area contributed by atoms with Crippen molar-refractivity contribution in [3.05, 3.63) is 36.1 Å². The van der Waals surface area contributed by atoms with E-state index in [0.29, 0.717) is 30.0 Å². The molecule has 0 amide bonds. The molecule has 0 aliphatic heterocycles. The zero-order valence-electron chi connectivity index (χ0n) is 11.4. The van der Waals surface area contributed by atoms with Crippen LogP contribution in [0.1, 0.15) is 18.9 Å². The van der Waals surface area contributed by atoms with Crippen LogP contribution in [0.2, 0.25) is 0 Å². The summed E-state index contributed by atoms with van der Waals surface area (Å²) in [6.07, 6.45) is 2.05. The van der Waals surface area contributed by atoms with E-state index in [2.05, 4.69) is 5.32 Å². The largest absolute Gasteiger partial charge is 0.464 e. The van der Waals surface area contributed by atoms with E-state index < -0.39 is 18.3 Å². The Morgan fingerprint density at radius 2 is 2.25 bits per heavy atom. The normalized spacial score (nSPS) is 16.2. The van der Waals surface area contributed by atoms with Crippen LogP contribution in [0, 0.1) is 0 Å². The highest BCUT2D eigenvalue weighted by Gasteiger charge is 2.38. The Balaban J connectivity index is 2.40. The first-order valence-electron chi connectivity index (χ1n) is 6.71. The van der Waals surface area contributed by atoms with E-state index in [1.165, 1.54) is 0 Å². The SMILES string of the molecule is CCNC(CCCl)C(O)(CF)c1ccc2ccoc2c1. The van der Waals surface area contributed by atoms with Gasteiger partial charge in [-0.3, -0.25) is 0 Å². The van der Waals surface area contributed by atoms with Crippen molar-refractivity contribution in [2.75, 3.05) is 19.1 Å². The number of hydrogen-bond donors (Lipinski definition) is 2. The number of hydrogen-bond acceptors (Lipinski definition) is 3. The molecule has 2 unspecified atom stereocenters. The summed E-state index contributed by atoms with van der Waals surface area (Å²) in [5, 5.41) is 14.8. The quantitative estimate of drug-likeness (QED) is 0.772. The van der Waals surface area contributed by atoms with Gasteiger partial charge in [0.2, 0.25) is 0 Å². The van der Waals surface area contributed by atoms with Crippen LogP contribution in [-0.2, 0) is 5.60 Å². The molecule has 5 heteroatoms. The lowest BCUT2D eigenvalue weighted by atomic mass is 9.85. The Morgan fingerprint density at radius 3 is 2.90 bits per heavy atom. The van der Waals surface area contributed by atoms with Gasteiger partial charge in [0.15, 0.2) is 0 Å². The highest BCUT2D eigenvalue weighted by atomic mass is 35.5. The second-order valence-electron chi connectivity index (χ2n) is 4.82. The molecular formula is C15H19ClFNO2. The summed E-state index contributed by atoms with van der Waals surface area (Å²) >= 11 is 5.77. The van der Waals surface area contributed by atoms with E-state index in [9.17, 15) is 9.50 Å². The highest BCUT2D eigenvalue weighted by Crippen LogP contribution is 2.31. The van der Waals surface area contributed by atoms with Gasteiger partial charge >= 0.3 is 0 Å². The Bertz CT molecular complexity index is 554. The van der Waals surface area contributed by atoms with Crippen molar-refractivity contribution in [1.82, 2.24) is 5.32 Å². The fourth-order valence-electron chi connectivity index (χ4n) is 2.46. The molecule has 2 aromatic rings. The van der Waals surface area contributed by atoms with Gasteiger partial charge in [-0.1, -0.05) is 19.1 Å². The summed E-state index contributed by atoms with van der Waals surface area (Å²) < 4.78 is 18.9. The van der Waals surface area contributed by atoms with Gasteiger partial charge in [0.25, 0.3) is 0 Å². The Kier molecular flexibility index (Phi) is 5.02. The predicted octanol–water partition coefficient (Wildman–Crippen LogP) is 3.20. The molecule has 0 spiro atoms. The molecule has 3 nitrogen and oxygen atoms in total. The zero-order chi connectivity index (χ0) is 14.6. The molecule has 2 N–H and O–H groups in total. The highest BCUT2D eigenvalue weighted by molar-refractivity contribution is 6.17. The number of aliphatic hydroxyl groups is 1. The average molecular weight is 300 g/mol. The third kappa shape index (κ3) is 2.82. The van der Waals surface area contributed by atoms with Gasteiger partial charge < -0.3 is 14.8 Å². The molecule has 0 aliphatic carbocycles. The summed E-state index contributed by atoms with van der Waals surface area (Å²) in [6.45, 7) is 1.66. The van der Waals surface area contributed by atoms with Crippen LogP contribution >= 0.6 is 11.6 Å². The van der Waals surface area contributed by atoms with Crippen LogP contribution in [0.25, 0.3) is 11.0 Å². The van der Waals surface area contributed by atoms with E-state index in [-0.39, 0.29) is 0 Å². The molecule has 1 heterocycles. The molecule has 0 aliphatic rings. The number of alkyl halides is 2. The Hall–Kier alpha value is -1.10. The van der Waals surface area contributed by atoms with Gasteiger partial charge in [0, 0.05) is 17.3 Å². The standard InChI is InChI=1S/C15H19ClFNO2/c1-2-18-14(5-7-16)15(19,10-17)12-4-3-11-6-8-20-13(11)9-12/h3-4,6,8-9,14,18-19H,2,5,7,10H2,1H3. The van der Waals surface area contributed by atoms with Crippen LogP contribution < -0.4 is 5.32 Å². The van der Waals surface area contributed by atoms with Gasteiger partial charge in [-0.15, -0.1) is 11.6 Å². The molecule has 0 radical (unpaired) electrons. The molecule has 2 atom stereocenters. The number of rotatable bonds is 7. The van der Waals surface area contributed by atoms with Crippen molar-refractivity contribution in [3.63, 3.8) is 0 Å². The van der Waals surface area contributed by atoms with Gasteiger partial charge in [0.05, 0.1) is 6.26 Å². The molecular weight excluding hydrogens is 281 g/mol. The molecule has 0 fully saturated rings. The van der Waals surface area contributed by atoms with E-state index in [0.717, 1.165) is 5.39 Å². The number of halogens is 2. The Morgan fingerprint density at radius 1 is 1.45 bits per heavy atom. The first-order valence-corrected chi connectivity index (χ1v) is 7.24. The third-order valence-electron chi connectivity index (χ3n) is 3.58. The number of likely N-dealkylation sites (N-methyl/N-ethyl adjacent to an activating group) is 1. The lowest BCUT2D eigenvalue weighted by Gasteiger charge is -2.34. The molecule has 0 saturated carbocycles. The van der Waals surface area contributed by atoms with Crippen LogP contribution in [-0.4, -0.2) is 30.2 Å². The minimum Gasteiger partial charge on any atom is -0.464 e. The van der Waals surface area contributed by atoms with Crippen molar-refractivity contribution >= 4 is 22.6 Å². The topological polar surface area (TPSA) is 45.4 Å². The van der Waals surface area contributed by atoms with Crippen molar-refractivity contribution in [1.29, 1.82) is 0 Å². The maximum absolute atomic E-state index is 13.6. The van der Waals surface area contributed by atoms with E-state index >= 15 is 0 Å². The van der Waals surface area contributed by atoms with Crippen LogP contribution in [0.5, 0.6) is 0 Å². The monoisotopic (exact) mass is 299 g/mol. The Labute approximate surface area is 122 Å². The molecule has 110 valence electrons. The summed E-state index contributed by atoms with van der Waals surface area (Å²) in [6, 6.07) is 6.62. The second kappa shape index (κ2) is 6.57. The fraction of sp³-hybridized carbons (Fsp3) is 0.467. The lowest BCUT2D eigenvalue weighted by Crippen LogP contribution is -2.50. The summed E-state index contributed by atoms with van der Waals surface area (Å²) in [4.78, 5) is 0. The molecule has 0 saturated heterocycles. The predicted molar refractivity (Wildman–Crippen MR) is 78.9 cm³/mol. The van der Waals surface area contributed by atoms with Crippen LogP contribution in [0.3, 0.4) is 0 Å². The van der Waals surface area contributed by atoms with Gasteiger partial charge in [-0.25, -0.2) is 4.39 Å². The first kappa shape index (κ1) is 15.3. The molecule has 2 rings (SSSR count). The molecule has 1 aromatic heterocycles. The van der Waals surface area contributed by atoms with Gasteiger partial charge in [0.1, 0.15) is 17.9 Å². The number of furan rings is 1. The molecule has 0 bridgehead atoms. The second-order valence-corrected chi connectivity index (χ2v) is 5.20. The van der Waals surface area contributed by atoms with Crippen LogP contribution in [0.4, 0.5) is 4.39 Å². The smallest absolute Gasteiger partial charge is 0.134 e.